The molecule has 128 valence electrons. The average molecular weight is 449 g/mol. The maximum absolute atomic E-state index is 12.0. The number of para-hydroxylation sites is 1. The van der Waals surface area contributed by atoms with Crippen molar-refractivity contribution in [3.8, 4) is 5.75 Å². The van der Waals surface area contributed by atoms with Crippen LogP contribution in [0.25, 0.3) is 11.0 Å². The zero-order valence-electron chi connectivity index (χ0n) is 13.5. The lowest BCUT2D eigenvalue weighted by Crippen LogP contribution is -2.20. The lowest BCUT2D eigenvalue weighted by Gasteiger charge is -2.10. The number of nitrogens with one attached hydrogen (secondary N) is 1. The van der Waals surface area contributed by atoms with Crippen LogP contribution in [0.15, 0.2) is 57.7 Å². The SMILES string of the molecule is CCc1cc(=O)oc2cc(OCC(=O)Nc3ccccc3I)ccc12. The fraction of sp³-hybridized carbons (Fsp3) is 0.158. The van der Waals surface area contributed by atoms with Gasteiger partial charge in [0.1, 0.15) is 11.3 Å². The molecule has 1 aromatic heterocycles. The third-order valence-electron chi connectivity index (χ3n) is 3.70. The van der Waals surface area contributed by atoms with Crippen LogP contribution in [0.4, 0.5) is 5.69 Å². The van der Waals surface area contributed by atoms with Gasteiger partial charge in [-0.1, -0.05) is 19.1 Å². The zero-order chi connectivity index (χ0) is 17.8. The Labute approximate surface area is 158 Å². The number of benzene rings is 2. The number of halogens is 1. The topological polar surface area (TPSA) is 68.5 Å². The van der Waals surface area contributed by atoms with E-state index in [-0.39, 0.29) is 12.5 Å². The molecular weight excluding hydrogens is 433 g/mol. The molecule has 6 heteroatoms. The van der Waals surface area contributed by atoms with Crippen molar-refractivity contribution in [2.24, 2.45) is 0 Å². The van der Waals surface area contributed by atoms with Crippen molar-refractivity contribution in [2.45, 2.75) is 13.3 Å². The number of amides is 1. The number of aryl methyl sites for hydroxylation is 1. The first kappa shape index (κ1) is 17.5. The largest absolute Gasteiger partial charge is 0.484 e. The second-order valence-corrected chi connectivity index (χ2v) is 6.58. The Balaban J connectivity index is 1.72. The maximum Gasteiger partial charge on any atom is 0.336 e. The van der Waals surface area contributed by atoms with Gasteiger partial charge in [0.2, 0.25) is 0 Å². The number of carbonyl (C=O) groups is 1. The van der Waals surface area contributed by atoms with Crippen molar-refractivity contribution in [1.29, 1.82) is 0 Å². The third kappa shape index (κ3) is 4.19. The first-order valence-corrected chi connectivity index (χ1v) is 8.88. The van der Waals surface area contributed by atoms with Crippen LogP contribution >= 0.6 is 22.6 Å². The Morgan fingerprint density at radius 1 is 1.20 bits per heavy atom. The van der Waals surface area contributed by atoms with Crippen LogP contribution in [0.2, 0.25) is 0 Å². The summed E-state index contributed by atoms with van der Waals surface area (Å²) in [7, 11) is 0. The van der Waals surface area contributed by atoms with Gasteiger partial charge >= 0.3 is 5.63 Å². The number of anilines is 1. The van der Waals surface area contributed by atoms with Gasteiger partial charge in [-0.25, -0.2) is 4.79 Å². The van der Waals surface area contributed by atoms with Gasteiger partial charge in [0.25, 0.3) is 5.91 Å². The highest BCUT2D eigenvalue weighted by Gasteiger charge is 2.09. The Bertz CT molecular complexity index is 981. The molecule has 0 radical (unpaired) electrons. The molecule has 0 unspecified atom stereocenters. The van der Waals surface area contributed by atoms with Crippen LogP contribution in [0.3, 0.4) is 0 Å². The smallest absolute Gasteiger partial charge is 0.336 e. The number of hydrogen-bond donors (Lipinski definition) is 1. The van der Waals surface area contributed by atoms with E-state index in [0.29, 0.717) is 11.3 Å². The van der Waals surface area contributed by atoms with Crippen molar-refractivity contribution in [1.82, 2.24) is 0 Å². The van der Waals surface area contributed by atoms with Crippen LogP contribution in [-0.2, 0) is 11.2 Å². The van der Waals surface area contributed by atoms with Gasteiger partial charge in [0.15, 0.2) is 6.61 Å². The van der Waals surface area contributed by atoms with E-state index in [4.69, 9.17) is 9.15 Å². The maximum atomic E-state index is 12.0. The summed E-state index contributed by atoms with van der Waals surface area (Å²) in [6.45, 7) is 1.85. The molecule has 3 aromatic rings. The van der Waals surface area contributed by atoms with Crippen LogP contribution in [0.1, 0.15) is 12.5 Å². The first-order valence-electron chi connectivity index (χ1n) is 7.81. The second kappa shape index (κ2) is 7.69. The molecule has 0 spiro atoms. The Morgan fingerprint density at radius 2 is 2.00 bits per heavy atom. The number of rotatable bonds is 5. The molecule has 0 saturated carbocycles. The average Bonchev–Trinajstić information content (AvgIpc) is 2.60. The molecule has 2 aromatic carbocycles. The Kier molecular flexibility index (Phi) is 5.37. The number of hydrogen-bond acceptors (Lipinski definition) is 4. The molecule has 0 aliphatic carbocycles. The summed E-state index contributed by atoms with van der Waals surface area (Å²) in [6.07, 6.45) is 0.737. The quantitative estimate of drug-likeness (QED) is 0.473. The Morgan fingerprint density at radius 3 is 2.76 bits per heavy atom. The highest BCUT2D eigenvalue weighted by Crippen LogP contribution is 2.23. The van der Waals surface area contributed by atoms with Crippen molar-refractivity contribution in [3.63, 3.8) is 0 Å². The van der Waals surface area contributed by atoms with Gasteiger partial charge in [-0.05, 0) is 58.8 Å². The number of ether oxygens (including phenoxy) is 1. The standard InChI is InChI=1S/C19H16INO4/c1-2-12-9-19(23)25-17-10-13(7-8-14(12)17)24-11-18(22)21-16-6-4-3-5-15(16)20/h3-10H,2,11H2,1H3,(H,21,22). The number of carbonyl (C=O) groups excluding carboxylic acids is 1. The first-order chi connectivity index (χ1) is 12.1. The van der Waals surface area contributed by atoms with Crippen molar-refractivity contribution < 1.29 is 13.9 Å². The van der Waals surface area contributed by atoms with Crippen molar-refractivity contribution in [2.75, 3.05) is 11.9 Å². The summed E-state index contributed by atoms with van der Waals surface area (Å²) in [5.41, 5.74) is 1.74. The van der Waals surface area contributed by atoms with Crippen molar-refractivity contribution in [3.05, 3.63) is 68.1 Å². The fourth-order valence-electron chi connectivity index (χ4n) is 2.49. The summed E-state index contributed by atoms with van der Waals surface area (Å²) in [4.78, 5) is 23.6. The predicted octanol–water partition coefficient (Wildman–Crippen LogP) is 3.98. The molecule has 0 atom stereocenters. The van der Waals surface area contributed by atoms with E-state index in [0.717, 1.165) is 26.6 Å². The molecule has 25 heavy (non-hydrogen) atoms. The fourth-order valence-corrected chi connectivity index (χ4v) is 3.01. The molecule has 0 aliphatic heterocycles. The van der Waals surface area contributed by atoms with Crippen LogP contribution in [-0.4, -0.2) is 12.5 Å². The van der Waals surface area contributed by atoms with Gasteiger partial charge in [0, 0.05) is 21.1 Å². The minimum Gasteiger partial charge on any atom is -0.484 e. The molecule has 0 bridgehead atoms. The van der Waals surface area contributed by atoms with Crippen LogP contribution in [0.5, 0.6) is 5.75 Å². The van der Waals surface area contributed by atoms with E-state index in [1.807, 2.05) is 37.3 Å². The minimum absolute atomic E-state index is 0.131. The van der Waals surface area contributed by atoms with Gasteiger partial charge in [-0.15, -0.1) is 0 Å². The summed E-state index contributed by atoms with van der Waals surface area (Å²) in [5, 5.41) is 3.67. The van der Waals surface area contributed by atoms with Crippen molar-refractivity contribution >= 4 is 45.2 Å². The van der Waals surface area contributed by atoms with Crippen LogP contribution in [0, 0.1) is 3.57 Å². The normalized spacial score (nSPS) is 10.6. The second-order valence-electron chi connectivity index (χ2n) is 5.42. The highest BCUT2D eigenvalue weighted by atomic mass is 127. The van der Waals surface area contributed by atoms with E-state index in [9.17, 15) is 9.59 Å². The van der Waals surface area contributed by atoms with E-state index < -0.39 is 5.63 Å². The molecular formula is C19H16INO4. The van der Waals surface area contributed by atoms with Crippen LogP contribution < -0.4 is 15.7 Å². The van der Waals surface area contributed by atoms with E-state index in [1.165, 1.54) is 6.07 Å². The lowest BCUT2D eigenvalue weighted by atomic mass is 10.1. The molecule has 5 nitrogen and oxygen atoms in total. The minimum atomic E-state index is -0.391. The number of fused-ring (bicyclic) bond motifs is 1. The van der Waals surface area contributed by atoms with Gasteiger partial charge in [-0.2, -0.15) is 0 Å². The summed E-state index contributed by atoms with van der Waals surface area (Å²) < 4.78 is 11.7. The zero-order valence-corrected chi connectivity index (χ0v) is 15.7. The van der Waals surface area contributed by atoms with E-state index in [1.54, 1.807) is 12.1 Å². The van der Waals surface area contributed by atoms with E-state index >= 15 is 0 Å². The molecule has 3 rings (SSSR count). The summed E-state index contributed by atoms with van der Waals surface area (Å²) in [5.74, 6) is 0.217. The predicted molar refractivity (Wildman–Crippen MR) is 105 cm³/mol. The highest BCUT2D eigenvalue weighted by molar-refractivity contribution is 14.1. The molecule has 1 heterocycles. The molecule has 0 saturated heterocycles. The molecule has 1 amide bonds. The van der Waals surface area contributed by atoms with Gasteiger partial charge < -0.3 is 14.5 Å². The van der Waals surface area contributed by atoms with Gasteiger partial charge in [-0.3, -0.25) is 4.79 Å². The monoisotopic (exact) mass is 449 g/mol. The van der Waals surface area contributed by atoms with E-state index in [2.05, 4.69) is 27.9 Å². The summed E-state index contributed by atoms with van der Waals surface area (Å²) in [6, 6.07) is 14.2. The van der Waals surface area contributed by atoms with Gasteiger partial charge in [0.05, 0.1) is 5.69 Å². The molecule has 1 N–H and O–H groups in total. The summed E-state index contributed by atoms with van der Waals surface area (Å²) >= 11 is 2.16. The Hall–Kier alpha value is -2.35. The molecule has 0 fully saturated rings. The molecule has 0 aliphatic rings. The lowest BCUT2D eigenvalue weighted by molar-refractivity contribution is -0.118. The third-order valence-corrected chi connectivity index (χ3v) is 4.64.